The van der Waals surface area contributed by atoms with Gasteiger partial charge in [0.15, 0.2) is 0 Å². The van der Waals surface area contributed by atoms with Crippen molar-refractivity contribution in [1.29, 1.82) is 0 Å². The van der Waals surface area contributed by atoms with Gasteiger partial charge in [-0.25, -0.2) is 13.4 Å². The lowest BCUT2D eigenvalue weighted by Gasteiger charge is -2.26. The van der Waals surface area contributed by atoms with Crippen LogP contribution in [0.2, 0.25) is 5.02 Å². The lowest BCUT2D eigenvalue weighted by Crippen LogP contribution is -2.40. The summed E-state index contributed by atoms with van der Waals surface area (Å²) in [5.41, 5.74) is 2.77. The van der Waals surface area contributed by atoms with E-state index < -0.39 is 10.0 Å². The number of morpholine rings is 1. The highest BCUT2D eigenvalue weighted by Crippen LogP contribution is 2.27. The number of aromatic nitrogens is 2. The van der Waals surface area contributed by atoms with Crippen LogP contribution >= 0.6 is 11.6 Å². The fourth-order valence-electron chi connectivity index (χ4n) is 4.11. The zero-order valence-corrected chi connectivity index (χ0v) is 20.2. The second-order valence-electron chi connectivity index (χ2n) is 8.09. The summed E-state index contributed by atoms with van der Waals surface area (Å²) in [5, 5.41) is 0.720. The first-order valence-corrected chi connectivity index (χ1v) is 12.7. The van der Waals surface area contributed by atoms with Crippen molar-refractivity contribution in [3.63, 3.8) is 0 Å². The largest absolute Gasteiger partial charge is 0.379 e. The second kappa shape index (κ2) is 9.49. The van der Waals surface area contributed by atoms with E-state index in [4.69, 9.17) is 21.3 Å². The third-order valence-corrected chi connectivity index (χ3v) is 8.24. The predicted octanol–water partition coefficient (Wildman–Crippen LogP) is 3.92. The van der Waals surface area contributed by atoms with Crippen LogP contribution in [0.5, 0.6) is 0 Å². The van der Waals surface area contributed by atoms with Crippen molar-refractivity contribution in [2.45, 2.75) is 37.9 Å². The van der Waals surface area contributed by atoms with Crippen LogP contribution in [0.3, 0.4) is 0 Å². The molecule has 0 bridgehead atoms. The Hall–Kier alpha value is -1.97. The van der Waals surface area contributed by atoms with Gasteiger partial charge in [0.25, 0.3) is 0 Å². The van der Waals surface area contributed by atoms with Gasteiger partial charge in [-0.2, -0.15) is 4.31 Å². The van der Waals surface area contributed by atoms with Gasteiger partial charge in [-0.15, -0.1) is 0 Å². The summed E-state index contributed by atoms with van der Waals surface area (Å²) in [6.07, 6.45) is 0. The Balaban J connectivity index is 1.62. The fraction of sp³-hybridized carbons (Fsp3) is 0.435. The average Bonchev–Trinajstić information content (AvgIpc) is 3.15. The summed E-state index contributed by atoms with van der Waals surface area (Å²) in [4.78, 5) is 7.31. The van der Waals surface area contributed by atoms with Crippen molar-refractivity contribution in [1.82, 2.24) is 18.8 Å². The molecule has 1 aliphatic heterocycles. The second-order valence-corrected chi connectivity index (χ2v) is 10.5. The Morgan fingerprint density at radius 1 is 1.19 bits per heavy atom. The van der Waals surface area contributed by atoms with E-state index in [-0.39, 0.29) is 10.9 Å². The van der Waals surface area contributed by atoms with Gasteiger partial charge in [-0.05, 0) is 56.8 Å². The molecule has 4 rings (SSSR count). The number of hydrogen-bond donors (Lipinski definition) is 0. The molecule has 0 N–H and O–H groups in total. The number of hydrogen-bond acceptors (Lipinski definition) is 5. The van der Waals surface area contributed by atoms with Crippen molar-refractivity contribution in [3.05, 3.63) is 58.9 Å². The first-order valence-electron chi connectivity index (χ1n) is 10.8. The van der Waals surface area contributed by atoms with Crippen molar-refractivity contribution < 1.29 is 13.2 Å². The number of halogens is 1. The maximum Gasteiger partial charge on any atom is 0.243 e. The zero-order valence-electron chi connectivity index (χ0n) is 18.7. The molecule has 1 unspecified atom stereocenters. The van der Waals surface area contributed by atoms with Gasteiger partial charge in [0.2, 0.25) is 10.0 Å². The smallest absolute Gasteiger partial charge is 0.243 e. The van der Waals surface area contributed by atoms with Crippen LogP contribution in [0.15, 0.2) is 47.4 Å². The summed E-state index contributed by atoms with van der Waals surface area (Å²) in [7, 11) is -1.50. The van der Waals surface area contributed by atoms with Gasteiger partial charge in [0.05, 0.1) is 35.7 Å². The number of rotatable bonds is 7. The maximum atomic E-state index is 13.1. The van der Waals surface area contributed by atoms with E-state index in [2.05, 4.69) is 36.4 Å². The Morgan fingerprint density at radius 2 is 1.94 bits per heavy atom. The molecule has 1 fully saturated rings. The van der Waals surface area contributed by atoms with E-state index in [0.717, 1.165) is 28.5 Å². The van der Waals surface area contributed by atoms with Crippen LogP contribution in [-0.2, 0) is 27.8 Å². The summed E-state index contributed by atoms with van der Waals surface area (Å²) < 4.78 is 35.0. The molecule has 32 heavy (non-hydrogen) atoms. The molecule has 1 aliphatic rings. The summed E-state index contributed by atoms with van der Waals surface area (Å²) in [6.45, 7) is 7.19. The number of imidazole rings is 1. The van der Waals surface area contributed by atoms with E-state index in [1.54, 1.807) is 12.1 Å². The lowest BCUT2D eigenvalue weighted by atomic mass is 10.1. The fourth-order valence-corrected chi connectivity index (χ4v) is 5.74. The standard InChI is InChI=1S/C23H29ClN4O3S/c1-4-28-22-9-8-20(32(29,30)27-10-12-31-13-11-27)15-21(22)25-23(28)16-26(3)17(2)18-6-5-7-19(24)14-18/h5-9,14-15,17H,4,10-13,16H2,1-3H3. The van der Waals surface area contributed by atoms with Gasteiger partial charge < -0.3 is 9.30 Å². The highest BCUT2D eigenvalue weighted by molar-refractivity contribution is 7.89. The molecule has 2 aromatic carbocycles. The molecule has 1 atom stereocenters. The maximum absolute atomic E-state index is 13.1. The first kappa shape index (κ1) is 23.2. The van der Waals surface area contributed by atoms with Crippen LogP contribution in [0, 0.1) is 0 Å². The molecule has 9 heteroatoms. The summed E-state index contributed by atoms with van der Waals surface area (Å²) >= 11 is 6.17. The Bertz CT molecular complexity index is 1210. The number of fused-ring (bicyclic) bond motifs is 1. The molecule has 1 saturated heterocycles. The van der Waals surface area contributed by atoms with E-state index >= 15 is 0 Å². The first-order chi connectivity index (χ1) is 15.3. The van der Waals surface area contributed by atoms with Crippen molar-refractivity contribution in [2.24, 2.45) is 0 Å². The molecule has 0 saturated carbocycles. The molecule has 172 valence electrons. The van der Waals surface area contributed by atoms with Crippen LogP contribution < -0.4 is 0 Å². The minimum absolute atomic E-state index is 0.149. The highest BCUT2D eigenvalue weighted by Gasteiger charge is 2.27. The van der Waals surface area contributed by atoms with Crippen LogP contribution in [0.1, 0.15) is 31.3 Å². The molecule has 3 aromatic rings. The number of sulfonamides is 1. The van der Waals surface area contributed by atoms with Crippen molar-refractivity contribution in [3.8, 4) is 0 Å². The monoisotopic (exact) mass is 476 g/mol. The minimum atomic E-state index is -3.56. The van der Waals surface area contributed by atoms with Gasteiger partial charge in [-0.3, -0.25) is 4.90 Å². The van der Waals surface area contributed by atoms with Gasteiger partial charge >= 0.3 is 0 Å². The number of ether oxygens (including phenoxy) is 1. The Morgan fingerprint density at radius 3 is 2.62 bits per heavy atom. The van der Waals surface area contributed by atoms with Crippen LogP contribution in [-0.4, -0.2) is 60.5 Å². The van der Waals surface area contributed by atoms with Crippen LogP contribution in [0.25, 0.3) is 11.0 Å². The van der Waals surface area contributed by atoms with E-state index in [1.165, 1.54) is 4.31 Å². The van der Waals surface area contributed by atoms with E-state index in [9.17, 15) is 8.42 Å². The molecular weight excluding hydrogens is 448 g/mol. The molecule has 0 spiro atoms. The minimum Gasteiger partial charge on any atom is -0.379 e. The SMILES string of the molecule is CCn1c(CN(C)C(C)c2cccc(Cl)c2)nc2cc(S(=O)(=O)N3CCOCC3)ccc21. The molecule has 2 heterocycles. The van der Waals surface area contributed by atoms with E-state index in [0.29, 0.717) is 38.4 Å². The predicted molar refractivity (Wildman–Crippen MR) is 126 cm³/mol. The average molecular weight is 477 g/mol. The van der Waals surface area contributed by atoms with E-state index in [1.807, 2.05) is 24.3 Å². The third-order valence-electron chi connectivity index (χ3n) is 6.11. The zero-order chi connectivity index (χ0) is 22.9. The number of nitrogens with zero attached hydrogens (tertiary/aromatic N) is 4. The van der Waals surface area contributed by atoms with Crippen molar-refractivity contribution >= 4 is 32.7 Å². The summed E-state index contributed by atoms with van der Waals surface area (Å²) in [6, 6.07) is 13.3. The van der Waals surface area contributed by atoms with Crippen molar-refractivity contribution in [2.75, 3.05) is 33.4 Å². The van der Waals surface area contributed by atoms with Gasteiger partial charge in [-0.1, -0.05) is 23.7 Å². The summed E-state index contributed by atoms with van der Waals surface area (Å²) in [5.74, 6) is 0.903. The molecule has 0 amide bonds. The molecule has 1 aromatic heterocycles. The van der Waals surface area contributed by atoms with Crippen LogP contribution in [0.4, 0.5) is 0 Å². The molecular formula is C23H29ClN4O3S. The topological polar surface area (TPSA) is 67.7 Å². The highest BCUT2D eigenvalue weighted by atomic mass is 35.5. The lowest BCUT2D eigenvalue weighted by molar-refractivity contribution is 0.0730. The number of aryl methyl sites for hydroxylation is 1. The van der Waals surface area contributed by atoms with Gasteiger partial charge in [0, 0.05) is 30.7 Å². The number of benzene rings is 2. The normalized spacial score (nSPS) is 16.7. The molecule has 0 radical (unpaired) electrons. The molecule has 0 aliphatic carbocycles. The third kappa shape index (κ3) is 4.56. The Labute approximate surface area is 194 Å². The quantitative estimate of drug-likeness (QED) is 0.517. The van der Waals surface area contributed by atoms with Gasteiger partial charge in [0.1, 0.15) is 5.82 Å². The Kier molecular flexibility index (Phi) is 6.88. The molecule has 7 nitrogen and oxygen atoms in total.